The lowest BCUT2D eigenvalue weighted by molar-refractivity contribution is 0.114. The van der Waals surface area contributed by atoms with Gasteiger partial charge in [-0.2, -0.15) is 0 Å². The number of nitrogens with zero attached hydrogens (tertiary/aromatic N) is 1. The van der Waals surface area contributed by atoms with Gasteiger partial charge in [0.15, 0.2) is 5.96 Å². The Morgan fingerprint density at radius 1 is 1.37 bits per heavy atom. The lowest BCUT2D eigenvalue weighted by atomic mass is 9.97. The Labute approximate surface area is 116 Å². The van der Waals surface area contributed by atoms with Gasteiger partial charge in [-0.25, -0.2) is 0 Å². The number of ether oxygens (including phenoxy) is 1. The molecule has 4 heteroatoms. The molecule has 0 radical (unpaired) electrons. The summed E-state index contributed by atoms with van der Waals surface area (Å²) in [5.41, 5.74) is 1.60. The van der Waals surface area contributed by atoms with Crippen molar-refractivity contribution in [1.29, 1.82) is 0 Å². The van der Waals surface area contributed by atoms with Crippen molar-refractivity contribution in [3.63, 3.8) is 0 Å². The van der Waals surface area contributed by atoms with Gasteiger partial charge in [-0.3, -0.25) is 4.99 Å². The first-order valence-corrected chi connectivity index (χ1v) is 7.62. The van der Waals surface area contributed by atoms with Crippen LogP contribution in [0.2, 0.25) is 0 Å². The summed E-state index contributed by atoms with van der Waals surface area (Å²) >= 11 is 0. The molecule has 1 atom stereocenters. The molecule has 2 aliphatic rings. The van der Waals surface area contributed by atoms with Crippen LogP contribution in [0.5, 0.6) is 0 Å². The molecule has 4 nitrogen and oxygen atoms in total. The summed E-state index contributed by atoms with van der Waals surface area (Å²) in [4.78, 5) is 4.25. The molecule has 0 aromatic heterocycles. The second-order valence-electron chi connectivity index (χ2n) is 5.37. The van der Waals surface area contributed by atoms with Crippen molar-refractivity contribution in [2.24, 2.45) is 4.99 Å². The Kier molecular flexibility index (Phi) is 6.21. The molecular formula is C15H27N3O. The van der Waals surface area contributed by atoms with Crippen molar-refractivity contribution in [2.75, 3.05) is 26.7 Å². The highest BCUT2D eigenvalue weighted by molar-refractivity contribution is 5.79. The molecule has 1 aliphatic carbocycles. The second kappa shape index (κ2) is 8.20. The quantitative estimate of drug-likeness (QED) is 0.455. The van der Waals surface area contributed by atoms with Gasteiger partial charge in [0.25, 0.3) is 0 Å². The molecule has 1 fully saturated rings. The Morgan fingerprint density at radius 3 is 3.00 bits per heavy atom. The van der Waals surface area contributed by atoms with E-state index in [1.54, 1.807) is 5.57 Å². The summed E-state index contributed by atoms with van der Waals surface area (Å²) in [6, 6.07) is 0. The lowest BCUT2D eigenvalue weighted by Gasteiger charge is -2.16. The summed E-state index contributed by atoms with van der Waals surface area (Å²) < 4.78 is 5.59. The maximum atomic E-state index is 5.59. The minimum atomic E-state index is 0.361. The number of guanidine groups is 1. The standard InChI is InChI=1S/C15H27N3O/c1-16-15(18-12-14-8-5-11-19-14)17-10-9-13-6-3-2-4-7-13/h6,14H,2-5,7-12H2,1H3,(H2,16,17,18). The zero-order valence-corrected chi connectivity index (χ0v) is 12.1. The van der Waals surface area contributed by atoms with Gasteiger partial charge in [0, 0.05) is 26.7 Å². The van der Waals surface area contributed by atoms with Crippen molar-refractivity contribution in [2.45, 2.75) is 51.0 Å². The highest BCUT2D eigenvalue weighted by Gasteiger charge is 2.15. The van der Waals surface area contributed by atoms with Crippen LogP contribution in [-0.4, -0.2) is 38.8 Å². The normalized spacial score (nSPS) is 24.2. The van der Waals surface area contributed by atoms with Crippen LogP contribution < -0.4 is 10.6 Å². The SMILES string of the molecule is CN=C(NCCC1=CCCCC1)NCC1CCCO1. The predicted molar refractivity (Wildman–Crippen MR) is 79.5 cm³/mol. The van der Waals surface area contributed by atoms with E-state index in [4.69, 9.17) is 4.74 Å². The van der Waals surface area contributed by atoms with E-state index in [0.717, 1.165) is 38.5 Å². The largest absolute Gasteiger partial charge is 0.376 e. The zero-order chi connectivity index (χ0) is 13.3. The molecule has 0 aromatic carbocycles. The molecule has 2 rings (SSSR count). The third-order valence-corrected chi connectivity index (χ3v) is 3.87. The van der Waals surface area contributed by atoms with Crippen LogP contribution in [0.4, 0.5) is 0 Å². The number of aliphatic imine (C=N–C) groups is 1. The summed E-state index contributed by atoms with van der Waals surface area (Å²) in [6.07, 6.45) is 11.5. The first-order valence-electron chi connectivity index (χ1n) is 7.62. The summed E-state index contributed by atoms with van der Waals surface area (Å²) in [5.74, 6) is 0.895. The molecule has 0 bridgehead atoms. The van der Waals surface area contributed by atoms with Gasteiger partial charge in [0.2, 0.25) is 0 Å². The third-order valence-electron chi connectivity index (χ3n) is 3.87. The van der Waals surface area contributed by atoms with E-state index in [1.165, 1.54) is 32.1 Å². The molecule has 1 aliphatic heterocycles. The van der Waals surface area contributed by atoms with Crippen LogP contribution in [0.1, 0.15) is 44.9 Å². The van der Waals surface area contributed by atoms with Gasteiger partial charge < -0.3 is 15.4 Å². The van der Waals surface area contributed by atoms with E-state index in [1.807, 2.05) is 7.05 Å². The van der Waals surface area contributed by atoms with E-state index in [-0.39, 0.29) is 0 Å². The number of hydrogen-bond donors (Lipinski definition) is 2. The van der Waals surface area contributed by atoms with E-state index in [2.05, 4.69) is 21.7 Å². The van der Waals surface area contributed by atoms with Crippen LogP contribution in [-0.2, 0) is 4.74 Å². The van der Waals surface area contributed by atoms with E-state index >= 15 is 0 Å². The smallest absolute Gasteiger partial charge is 0.191 e. The van der Waals surface area contributed by atoms with Gasteiger partial charge in [0.1, 0.15) is 0 Å². The van der Waals surface area contributed by atoms with Gasteiger partial charge in [-0.05, 0) is 44.9 Å². The first-order chi connectivity index (χ1) is 9.38. The average molecular weight is 265 g/mol. The van der Waals surface area contributed by atoms with Crippen LogP contribution in [0.3, 0.4) is 0 Å². The third kappa shape index (κ3) is 5.23. The monoisotopic (exact) mass is 265 g/mol. The van der Waals surface area contributed by atoms with Gasteiger partial charge in [-0.1, -0.05) is 11.6 Å². The highest BCUT2D eigenvalue weighted by atomic mass is 16.5. The number of nitrogens with one attached hydrogen (secondary N) is 2. The highest BCUT2D eigenvalue weighted by Crippen LogP contribution is 2.19. The molecule has 0 saturated carbocycles. The molecule has 2 N–H and O–H groups in total. The van der Waals surface area contributed by atoms with Crippen LogP contribution in [0.15, 0.2) is 16.6 Å². The number of allylic oxidation sites excluding steroid dienone is 1. The average Bonchev–Trinajstić information content (AvgIpc) is 2.97. The molecule has 1 unspecified atom stereocenters. The summed E-state index contributed by atoms with van der Waals surface area (Å²) in [7, 11) is 1.82. The summed E-state index contributed by atoms with van der Waals surface area (Å²) in [5, 5.41) is 6.73. The van der Waals surface area contributed by atoms with Crippen LogP contribution >= 0.6 is 0 Å². The Morgan fingerprint density at radius 2 is 2.32 bits per heavy atom. The van der Waals surface area contributed by atoms with Crippen LogP contribution in [0, 0.1) is 0 Å². The molecule has 0 spiro atoms. The molecular weight excluding hydrogens is 238 g/mol. The Hall–Kier alpha value is -1.03. The molecule has 0 aromatic rings. The van der Waals surface area contributed by atoms with Crippen molar-refractivity contribution < 1.29 is 4.74 Å². The summed E-state index contributed by atoms with van der Waals surface area (Å²) in [6.45, 7) is 2.74. The van der Waals surface area contributed by atoms with Gasteiger partial charge in [0.05, 0.1) is 6.10 Å². The molecule has 19 heavy (non-hydrogen) atoms. The van der Waals surface area contributed by atoms with E-state index in [0.29, 0.717) is 6.10 Å². The zero-order valence-electron chi connectivity index (χ0n) is 12.1. The van der Waals surface area contributed by atoms with E-state index in [9.17, 15) is 0 Å². The Bertz CT molecular complexity index is 319. The number of rotatable bonds is 5. The van der Waals surface area contributed by atoms with E-state index < -0.39 is 0 Å². The van der Waals surface area contributed by atoms with Crippen LogP contribution in [0.25, 0.3) is 0 Å². The maximum Gasteiger partial charge on any atom is 0.191 e. The van der Waals surface area contributed by atoms with Crippen molar-refractivity contribution in [1.82, 2.24) is 10.6 Å². The molecule has 1 saturated heterocycles. The second-order valence-corrected chi connectivity index (χ2v) is 5.37. The Balaban J connectivity index is 1.60. The van der Waals surface area contributed by atoms with Crippen molar-refractivity contribution in [3.05, 3.63) is 11.6 Å². The lowest BCUT2D eigenvalue weighted by Crippen LogP contribution is -2.41. The fraction of sp³-hybridized carbons (Fsp3) is 0.800. The maximum absolute atomic E-state index is 5.59. The molecule has 108 valence electrons. The van der Waals surface area contributed by atoms with Crippen molar-refractivity contribution >= 4 is 5.96 Å². The van der Waals surface area contributed by atoms with Gasteiger partial charge >= 0.3 is 0 Å². The van der Waals surface area contributed by atoms with Gasteiger partial charge in [-0.15, -0.1) is 0 Å². The molecule has 1 heterocycles. The fourth-order valence-electron chi connectivity index (χ4n) is 2.71. The fourth-order valence-corrected chi connectivity index (χ4v) is 2.71. The van der Waals surface area contributed by atoms with Crippen molar-refractivity contribution in [3.8, 4) is 0 Å². The first kappa shape index (κ1) is 14.4. The minimum absolute atomic E-state index is 0.361. The molecule has 0 amide bonds. The minimum Gasteiger partial charge on any atom is -0.376 e. The topological polar surface area (TPSA) is 45.7 Å². The number of hydrogen-bond acceptors (Lipinski definition) is 2. The predicted octanol–water partition coefficient (Wildman–Crippen LogP) is 2.22.